The van der Waals surface area contributed by atoms with Crippen molar-refractivity contribution in [2.24, 2.45) is 0 Å². The number of nitrogens with one attached hydrogen (secondary N) is 1. The van der Waals surface area contributed by atoms with Crippen LogP contribution < -0.4 is 14.8 Å². The van der Waals surface area contributed by atoms with Crippen LogP contribution in [0.15, 0.2) is 54.7 Å². The first-order valence-electron chi connectivity index (χ1n) is 8.99. The maximum atomic E-state index is 13.4. The average Bonchev–Trinajstić information content (AvgIpc) is 3.12. The molecule has 2 heterocycles. The largest absolute Gasteiger partial charge is 0.484 e. The van der Waals surface area contributed by atoms with E-state index in [0.717, 1.165) is 22.3 Å². The van der Waals surface area contributed by atoms with Gasteiger partial charge in [0, 0.05) is 24.2 Å². The summed E-state index contributed by atoms with van der Waals surface area (Å²) in [6.07, 6.45) is 0.972. The predicted molar refractivity (Wildman–Crippen MR) is 108 cm³/mol. The molecule has 2 unspecified atom stereocenters. The van der Waals surface area contributed by atoms with Gasteiger partial charge in [-0.3, -0.25) is 4.79 Å². The van der Waals surface area contributed by atoms with E-state index in [-0.39, 0.29) is 11.7 Å². The first-order chi connectivity index (χ1) is 14.0. The Labute approximate surface area is 172 Å². The number of benzene rings is 2. The molecular formula is C22H18ClFN2O3. The number of pyridine rings is 1. The van der Waals surface area contributed by atoms with Gasteiger partial charge in [0.1, 0.15) is 23.6 Å². The molecule has 2 atom stereocenters. The van der Waals surface area contributed by atoms with E-state index in [4.69, 9.17) is 21.1 Å². The van der Waals surface area contributed by atoms with E-state index in [1.165, 1.54) is 25.4 Å². The highest BCUT2D eigenvalue weighted by molar-refractivity contribution is 6.33. The van der Waals surface area contributed by atoms with Crippen molar-refractivity contribution >= 4 is 17.5 Å². The number of halogens is 2. The molecule has 4 rings (SSSR count). The third-order valence-electron chi connectivity index (χ3n) is 4.98. The number of aromatic nitrogens is 1. The van der Waals surface area contributed by atoms with Crippen LogP contribution in [0.4, 0.5) is 4.39 Å². The smallest absolute Gasteiger partial charge is 0.231 e. The number of rotatable bonds is 4. The summed E-state index contributed by atoms with van der Waals surface area (Å²) in [6, 6.07) is 13.3. The molecule has 29 heavy (non-hydrogen) atoms. The third-order valence-corrected chi connectivity index (χ3v) is 5.28. The SMILES string of the molecule is CNC(=O)C1c2cc(-c3cc(OC)ncc3Cl)ccc2OC1c1ccc(F)cc1. The summed E-state index contributed by atoms with van der Waals surface area (Å²) in [4.78, 5) is 16.8. The second kappa shape index (κ2) is 7.72. The van der Waals surface area contributed by atoms with Gasteiger partial charge >= 0.3 is 0 Å². The first-order valence-corrected chi connectivity index (χ1v) is 9.37. The van der Waals surface area contributed by atoms with Crippen LogP contribution >= 0.6 is 11.6 Å². The average molecular weight is 413 g/mol. The molecule has 1 amide bonds. The van der Waals surface area contributed by atoms with Crippen molar-refractivity contribution in [1.29, 1.82) is 0 Å². The molecule has 7 heteroatoms. The van der Waals surface area contributed by atoms with Gasteiger partial charge in [0.05, 0.1) is 18.3 Å². The highest BCUT2D eigenvalue weighted by Crippen LogP contribution is 2.48. The lowest BCUT2D eigenvalue weighted by Gasteiger charge is -2.18. The van der Waals surface area contributed by atoms with Crippen LogP contribution in [0.5, 0.6) is 11.6 Å². The Balaban J connectivity index is 1.79. The van der Waals surface area contributed by atoms with Gasteiger partial charge < -0.3 is 14.8 Å². The Hall–Kier alpha value is -3.12. The van der Waals surface area contributed by atoms with Gasteiger partial charge in [0.2, 0.25) is 11.8 Å². The molecule has 1 N–H and O–H groups in total. The van der Waals surface area contributed by atoms with Crippen molar-refractivity contribution in [3.63, 3.8) is 0 Å². The Morgan fingerprint density at radius 2 is 1.97 bits per heavy atom. The summed E-state index contributed by atoms with van der Waals surface area (Å²) in [5.41, 5.74) is 3.01. The molecular weight excluding hydrogens is 395 g/mol. The number of nitrogens with zero attached hydrogens (tertiary/aromatic N) is 1. The van der Waals surface area contributed by atoms with Gasteiger partial charge in [-0.25, -0.2) is 9.37 Å². The number of methoxy groups -OCH3 is 1. The van der Waals surface area contributed by atoms with Crippen LogP contribution in [0.3, 0.4) is 0 Å². The molecule has 0 aliphatic carbocycles. The van der Waals surface area contributed by atoms with E-state index in [9.17, 15) is 9.18 Å². The van der Waals surface area contributed by atoms with E-state index in [0.29, 0.717) is 16.7 Å². The lowest BCUT2D eigenvalue weighted by atomic mass is 9.89. The van der Waals surface area contributed by atoms with Crippen LogP contribution in [0.1, 0.15) is 23.1 Å². The normalized spacial score (nSPS) is 17.4. The van der Waals surface area contributed by atoms with E-state index in [1.54, 1.807) is 25.2 Å². The molecule has 3 aromatic rings. The molecule has 0 radical (unpaired) electrons. The Kier molecular flexibility index (Phi) is 5.11. The van der Waals surface area contributed by atoms with E-state index >= 15 is 0 Å². The summed E-state index contributed by atoms with van der Waals surface area (Å²) < 4.78 is 24.6. The van der Waals surface area contributed by atoms with Crippen LogP contribution in [0.25, 0.3) is 11.1 Å². The number of carbonyl (C=O) groups is 1. The number of fused-ring (bicyclic) bond motifs is 1. The van der Waals surface area contributed by atoms with Crippen LogP contribution in [-0.4, -0.2) is 25.0 Å². The maximum Gasteiger partial charge on any atom is 0.231 e. The predicted octanol–water partition coefficient (Wildman–Crippen LogP) is 4.51. The van der Waals surface area contributed by atoms with Gasteiger partial charge in [-0.15, -0.1) is 0 Å². The summed E-state index contributed by atoms with van der Waals surface area (Å²) in [5.74, 6) is -0.0668. The van der Waals surface area contributed by atoms with Crippen LogP contribution in [0, 0.1) is 5.82 Å². The maximum absolute atomic E-state index is 13.4. The molecule has 5 nitrogen and oxygen atoms in total. The minimum absolute atomic E-state index is 0.186. The fraction of sp³-hybridized carbons (Fsp3) is 0.182. The fourth-order valence-corrected chi connectivity index (χ4v) is 3.75. The van der Waals surface area contributed by atoms with E-state index in [2.05, 4.69) is 10.3 Å². The molecule has 0 spiro atoms. The van der Waals surface area contributed by atoms with Crippen molar-refractivity contribution in [3.8, 4) is 22.8 Å². The summed E-state index contributed by atoms with van der Waals surface area (Å²) >= 11 is 6.34. The zero-order valence-corrected chi connectivity index (χ0v) is 16.5. The summed E-state index contributed by atoms with van der Waals surface area (Å²) in [5, 5.41) is 3.17. The van der Waals surface area contributed by atoms with Gasteiger partial charge in [0.15, 0.2) is 0 Å². The summed E-state index contributed by atoms with van der Waals surface area (Å²) in [6.45, 7) is 0. The van der Waals surface area contributed by atoms with Crippen LogP contribution in [-0.2, 0) is 4.79 Å². The molecule has 0 fully saturated rings. The van der Waals surface area contributed by atoms with Gasteiger partial charge in [-0.1, -0.05) is 29.8 Å². The minimum Gasteiger partial charge on any atom is -0.484 e. The molecule has 1 aromatic heterocycles. The van der Waals surface area contributed by atoms with Crippen molar-refractivity contribution in [1.82, 2.24) is 10.3 Å². The van der Waals surface area contributed by atoms with E-state index in [1.807, 2.05) is 18.2 Å². The monoisotopic (exact) mass is 412 g/mol. The lowest BCUT2D eigenvalue weighted by molar-refractivity contribution is -0.123. The van der Waals surface area contributed by atoms with E-state index < -0.39 is 12.0 Å². The molecule has 1 aliphatic heterocycles. The molecule has 0 saturated carbocycles. The number of hydrogen-bond acceptors (Lipinski definition) is 4. The second-order valence-electron chi connectivity index (χ2n) is 6.64. The number of amides is 1. The quantitative estimate of drug-likeness (QED) is 0.684. The highest BCUT2D eigenvalue weighted by atomic mass is 35.5. The minimum atomic E-state index is -0.581. The Morgan fingerprint density at radius 3 is 2.66 bits per heavy atom. The van der Waals surface area contributed by atoms with Crippen molar-refractivity contribution < 1.29 is 18.7 Å². The number of likely N-dealkylation sites (N-methyl/N-ethyl adjacent to an activating group) is 1. The number of carbonyl (C=O) groups excluding carboxylic acids is 1. The van der Waals surface area contributed by atoms with Crippen molar-refractivity contribution in [2.45, 2.75) is 12.0 Å². The van der Waals surface area contributed by atoms with Gasteiger partial charge in [0.25, 0.3) is 0 Å². The summed E-state index contributed by atoms with van der Waals surface area (Å²) in [7, 11) is 3.11. The van der Waals surface area contributed by atoms with Crippen molar-refractivity contribution in [2.75, 3.05) is 14.2 Å². The standard InChI is InChI=1S/C22H18ClFN2O3/c1-25-22(27)20-16-9-13(15-10-19(28-2)26-11-17(15)23)5-8-18(16)29-21(20)12-3-6-14(24)7-4-12/h3-11,20-21H,1-2H3,(H,25,27). The fourth-order valence-electron chi connectivity index (χ4n) is 3.53. The lowest BCUT2D eigenvalue weighted by Crippen LogP contribution is -2.28. The van der Waals surface area contributed by atoms with Crippen LogP contribution in [0.2, 0.25) is 5.02 Å². The molecule has 148 valence electrons. The number of ether oxygens (including phenoxy) is 2. The van der Waals surface area contributed by atoms with Gasteiger partial charge in [-0.2, -0.15) is 0 Å². The second-order valence-corrected chi connectivity index (χ2v) is 7.05. The Bertz CT molecular complexity index is 1070. The highest BCUT2D eigenvalue weighted by Gasteiger charge is 2.40. The zero-order valence-electron chi connectivity index (χ0n) is 15.8. The molecule has 2 aromatic carbocycles. The van der Waals surface area contributed by atoms with Gasteiger partial charge in [-0.05, 0) is 35.4 Å². The van der Waals surface area contributed by atoms with Crippen molar-refractivity contribution in [3.05, 3.63) is 76.7 Å². The Morgan fingerprint density at radius 1 is 1.21 bits per heavy atom. The third kappa shape index (κ3) is 3.51. The molecule has 1 aliphatic rings. The molecule has 0 bridgehead atoms. The number of hydrogen-bond donors (Lipinski definition) is 1. The topological polar surface area (TPSA) is 60.5 Å². The molecule has 0 saturated heterocycles. The first kappa shape index (κ1) is 19.2. The zero-order chi connectivity index (χ0) is 20.5.